The number of aromatic nitrogens is 2. The molecule has 156 valence electrons. The highest BCUT2D eigenvalue weighted by Gasteiger charge is 2.38. The molecule has 0 bridgehead atoms. The summed E-state index contributed by atoms with van der Waals surface area (Å²) in [5, 5.41) is 13.4. The first-order valence-electron chi connectivity index (χ1n) is 9.52. The van der Waals surface area contributed by atoms with Crippen LogP contribution >= 0.6 is 22.9 Å². The quantitative estimate of drug-likeness (QED) is 0.534. The third kappa shape index (κ3) is 4.26. The summed E-state index contributed by atoms with van der Waals surface area (Å²) in [6.45, 7) is 3.70. The monoisotopic (exact) mass is 444 g/mol. The van der Waals surface area contributed by atoms with Crippen LogP contribution in [-0.4, -0.2) is 39.9 Å². The number of carbonyl (C=O) groups is 1. The number of hydrogen-bond acceptors (Lipinski definition) is 7. The highest BCUT2D eigenvalue weighted by molar-refractivity contribution is 7.15. The summed E-state index contributed by atoms with van der Waals surface area (Å²) < 4.78 is 5.07. The second-order valence-corrected chi connectivity index (χ2v) is 8.56. The number of carbonyl (C=O) groups excluding carboxylic acids is 1. The van der Waals surface area contributed by atoms with Crippen LogP contribution in [0.4, 0.5) is 16.6 Å². The Morgan fingerprint density at radius 1 is 1.23 bits per heavy atom. The lowest BCUT2D eigenvalue weighted by molar-refractivity contribution is 0.142. The Kier molecular flexibility index (Phi) is 5.90. The molecule has 3 atom stereocenters. The van der Waals surface area contributed by atoms with Crippen molar-refractivity contribution in [1.82, 2.24) is 9.97 Å². The lowest BCUT2D eigenvalue weighted by Gasteiger charge is -2.23. The van der Waals surface area contributed by atoms with E-state index in [9.17, 15) is 9.90 Å². The van der Waals surface area contributed by atoms with Crippen LogP contribution < -0.4 is 10.2 Å². The largest absolute Gasteiger partial charge is 0.447 e. The second-order valence-electron chi connectivity index (χ2n) is 7.06. The Morgan fingerprint density at radius 2 is 2.00 bits per heavy atom. The fourth-order valence-corrected chi connectivity index (χ4v) is 4.45. The molecule has 0 spiro atoms. The summed E-state index contributed by atoms with van der Waals surface area (Å²) in [4.78, 5) is 24.4. The Bertz CT molecular complexity index is 1040. The van der Waals surface area contributed by atoms with Gasteiger partial charge in [-0.2, -0.15) is 4.98 Å². The van der Waals surface area contributed by atoms with Gasteiger partial charge < -0.3 is 15.2 Å². The van der Waals surface area contributed by atoms with Crippen LogP contribution in [0, 0.1) is 0 Å². The normalized spacial score (nSPS) is 18.2. The molecule has 1 fully saturated rings. The van der Waals surface area contributed by atoms with Crippen LogP contribution in [0.5, 0.6) is 0 Å². The van der Waals surface area contributed by atoms with Gasteiger partial charge in [-0.3, -0.25) is 4.90 Å². The minimum absolute atomic E-state index is 0.0723. The summed E-state index contributed by atoms with van der Waals surface area (Å²) >= 11 is 7.87. The molecule has 2 aromatic heterocycles. The van der Waals surface area contributed by atoms with Gasteiger partial charge in [0, 0.05) is 15.8 Å². The molecule has 1 amide bonds. The van der Waals surface area contributed by atoms with Crippen molar-refractivity contribution in [3.63, 3.8) is 0 Å². The van der Waals surface area contributed by atoms with E-state index in [1.165, 1.54) is 21.4 Å². The average Bonchev–Trinajstić information content (AvgIpc) is 3.35. The average molecular weight is 445 g/mol. The number of nitrogens with zero attached hydrogens (tertiary/aromatic N) is 3. The number of amides is 1. The number of benzene rings is 1. The standard InChI is InChI=1S/C21H21ClN4O3S/c1-12(16-8-9-17(30-16)14-6-4-3-5-7-14)23-20-24-18(22)10-19(25-20)26-15(13(2)27)11-29-21(26)28/h3-10,12-13,15,27H,11H2,1-2H3,(H,23,24,25)/t12-,13+,15?/m0/s1. The molecule has 1 unspecified atom stereocenters. The van der Waals surface area contributed by atoms with Crippen molar-refractivity contribution in [3.05, 3.63) is 58.6 Å². The number of anilines is 2. The van der Waals surface area contributed by atoms with Crippen molar-refractivity contribution in [3.8, 4) is 10.4 Å². The smallest absolute Gasteiger partial charge is 0.416 e. The zero-order valence-electron chi connectivity index (χ0n) is 16.4. The van der Waals surface area contributed by atoms with E-state index >= 15 is 0 Å². The third-order valence-electron chi connectivity index (χ3n) is 4.85. The van der Waals surface area contributed by atoms with E-state index in [1.54, 1.807) is 18.3 Å². The molecule has 0 radical (unpaired) electrons. The number of rotatable bonds is 6. The van der Waals surface area contributed by atoms with Crippen molar-refractivity contribution in [2.75, 3.05) is 16.8 Å². The molecular formula is C21H21ClN4O3S. The van der Waals surface area contributed by atoms with Gasteiger partial charge in [-0.15, -0.1) is 11.3 Å². The Hall–Kier alpha value is -2.68. The maximum atomic E-state index is 12.2. The molecule has 7 nitrogen and oxygen atoms in total. The van der Waals surface area contributed by atoms with E-state index in [2.05, 4.69) is 39.6 Å². The Balaban J connectivity index is 1.55. The SMILES string of the molecule is C[C@H](Nc1nc(Cl)cc(N2C(=O)OCC2[C@@H](C)O)n1)c1ccc(-c2ccccc2)s1. The number of nitrogens with one attached hydrogen (secondary N) is 1. The van der Waals surface area contributed by atoms with Crippen molar-refractivity contribution in [1.29, 1.82) is 0 Å². The number of aliphatic hydroxyl groups excluding tert-OH is 1. The number of aliphatic hydroxyl groups is 1. The Morgan fingerprint density at radius 3 is 2.73 bits per heavy atom. The molecule has 1 aromatic carbocycles. The highest BCUT2D eigenvalue weighted by atomic mass is 35.5. The lowest BCUT2D eigenvalue weighted by Crippen LogP contribution is -2.41. The van der Waals surface area contributed by atoms with Crippen molar-refractivity contribution < 1.29 is 14.6 Å². The molecule has 0 saturated carbocycles. The van der Waals surface area contributed by atoms with Gasteiger partial charge in [-0.1, -0.05) is 41.9 Å². The van der Waals surface area contributed by atoms with Crippen molar-refractivity contribution >= 4 is 40.8 Å². The van der Waals surface area contributed by atoms with Gasteiger partial charge >= 0.3 is 6.09 Å². The van der Waals surface area contributed by atoms with E-state index in [0.29, 0.717) is 5.95 Å². The first kappa shape index (κ1) is 20.6. The van der Waals surface area contributed by atoms with Crippen LogP contribution in [0.3, 0.4) is 0 Å². The second kappa shape index (κ2) is 8.59. The van der Waals surface area contributed by atoms with E-state index in [4.69, 9.17) is 16.3 Å². The number of thiophene rings is 1. The van der Waals surface area contributed by atoms with Crippen molar-refractivity contribution in [2.45, 2.75) is 32.0 Å². The van der Waals surface area contributed by atoms with E-state index < -0.39 is 18.2 Å². The Labute approximate surface area is 183 Å². The third-order valence-corrected chi connectivity index (χ3v) is 6.36. The summed E-state index contributed by atoms with van der Waals surface area (Å²) in [5.74, 6) is 0.581. The van der Waals surface area contributed by atoms with Crippen molar-refractivity contribution in [2.24, 2.45) is 0 Å². The topological polar surface area (TPSA) is 87.6 Å². The summed E-state index contributed by atoms with van der Waals surface area (Å²) in [5.41, 5.74) is 1.17. The predicted octanol–water partition coefficient (Wildman–Crippen LogP) is 4.74. The van der Waals surface area contributed by atoms with Gasteiger partial charge in [0.1, 0.15) is 23.6 Å². The van der Waals surface area contributed by atoms with Gasteiger partial charge in [0.2, 0.25) is 5.95 Å². The fourth-order valence-electron chi connectivity index (χ4n) is 3.26. The zero-order chi connectivity index (χ0) is 21.3. The summed E-state index contributed by atoms with van der Waals surface area (Å²) in [6.07, 6.45) is -1.34. The first-order chi connectivity index (χ1) is 14.4. The zero-order valence-corrected chi connectivity index (χ0v) is 18.0. The molecule has 30 heavy (non-hydrogen) atoms. The van der Waals surface area contributed by atoms with Crippen LogP contribution in [0.25, 0.3) is 10.4 Å². The predicted molar refractivity (Wildman–Crippen MR) is 118 cm³/mol. The number of cyclic esters (lactones) is 1. The van der Waals surface area contributed by atoms with Crippen LogP contribution in [0.2, 0.25) is 5.15 Å². The molecule has 4 rings (SSSR count). The number of ether oxygens (including phenoxy) is 1. The first-order valence-corrected chi connectivity index (χ1v) is 10.7. The van der Waals surface area contributed by atoms with Crippen LogP contribution in [0.15, 0.2) is 48.5 Å². The van der Waals surface area contributed by atoms with E-state index in [-0.39, 0.29) is 23.6 Å². The minimum atomic E-state index is -0.775. The lowest BCUT2D eigenvalue weighted by atomic mass is 10.2. The van der Waals surface area contributed by atoms with E-state index in [0.717, 1.165) is 4.88 Å². The molecule has 3 aromatic rings. The van der Waals surface area contributed by atoms with Gasteiger partial charge in [0.25, 0.3) is 0 Å². The van der Waals surface area contributed by atoms with Crippen LogP contribution in [-0.2, 0) is 4.74 Å². The molecular weight excluding hydrogens is 424 g/mol. The van der Waals surface area contributed by atoms with Gasteiger partial charge in [-0.25, -0.2) is 9.78 Å². The van der Waals surface area contributed by atoms with Gasteiger partial charge in [-0.05, 0) is 31.5 Å². The molecule has 0 aliphatic carbocycles. The highest BCUT2D eigenvalue weighted by Crippen LogP contribution is 2.33. The maximum Gasteiger partial charge on any atom is 0.416 e. The summed E-state index contributed by atoms with van der Waals surface area (Å²) in [7, 11) is 0. The number of halogens is 1. The van der Waals surface area contributed by atoms with Gasteiger partial charge in [0.15, 0.2) is 0 Å². The fraction of sp³-hybridized carbons (Fsp3) is 0.286. The molecule has 1 saturated heterocycles. The van der Waals surface area contributed by atoms with E-state index in [1.807, 2.05) is 25.1 Å². The molecule has 1 aliphatic heterocycles. The van der Waals surface area contributed by atoms with Gasteiger partial charge in [0.05, 0.1) is 12.1 Å². The van der Waals surface area contributed by atoms with Crippen LogP contribution in [0.1, 0.15) is 24.8 Å². The molecule has 9 heteroatoms. The minimum Gasteiger partial charge on any atom is -0.447 e. The molecule has 2 N–H and O–H groups in total. The molecule has 1 aliphatic rings. The summed E-state index contributed by atoms with van der Waals surface area (Å²) in [6, 6.07) is 15.2. The molecule has 3 heterocycles. The maximum absolute atomic E-state index is 12.2. The number of hydrogen-bond donors (Lipinski definition) is 2.